The molecule has 3 unspecified atom stereocenters. The molecule has 0 saturated carbocycles. The Morgan fingerprint density at radius 3 is 2.11 bits per heavy atom. The molecule has 4 N–H and O–H groups in total. The van der Waals surface area contributed by atoms with E-state index in [0.29, 0.717) is 31.6 Å². The molecular weight excluding hydrogens is 592 g/mol. The number of carboxylic acids is 1. The van der Waals surface area contributed by atoms with Crippen molar-refractivity contribution in [2.45, 2.75) is 88.4 Å². The highest BCUT2D eigenvalue weighted by molar-refractivity contribution is 7.99. The van der Waals surface area contributed by atoms with Crippen LogP contribution in [0.15, 0.2) is 77.7 Å². The van der Waals surface area contributed by atoms with Gasteiger partial charge in [0.05, 0.1) is 18.8 Å². The fourth-order valence-electron chi connectivity index (χ4n) is 5.05. The van der Waals surface area contributed by atoms with Gasteiger partial charge in [0.2, 0.25) is 11.8 Å². The van der Waals surface area contributed by atoms with Crippen molar-refractivity contribution in [3.63, 3.8) is 0 Å². The van der Waals surface area contributed by atoms with E-state index in [1.807, 2.05) is 72.8 Å². The topological polar surface area (TPSA) is 134 Å². The smallest absolute Gasteiger partial charge is 0.303 e. The molecule has 10 heteroatoms. The number of aliphatic hydroxyl groups excluding tert-OH is 1. The van der Waals surface area contributed by atoms with Crippen LogP contribution in [0.3, 0.4) is 0 Å². The molecular formula is C35H42N2O7S. The van der Waals surface area contributed by atoms with Gasteiger partial charge in [-0.25, -0.2) is 0 Å². The van der Waals surface area contributed by atoms with Crippen LogP contribution >= 0.6 is 11.8 Å². The lowest BCUT2D eigenvalue weighted by Gasteiger charge is -2.36. The first-order chi connectivity index (χ1) is 21.8. The highest BCUT2D eigenvalue weighted by Crippen LogP contribution is 2.39. The number of carbonyl (C=O) groups excluding carboxylic acids is 2. The van der Waals surface area contributed by atoms with Gasteiger partial charge in [0.15, 0.2) is 6.29 Å². The molecule has 0 radical (unpaired) electrons. The number of anilines is 1. The van der Waals surface area contributed by atoms with Crippen molar-refractivity contribution in [2.75, 3.05) is 11.1 Å². The highest BCUT2D eigenvalue weighted by atomic mass is 32.2. The molecule has 0 bridgehead atoms. The van der Waals surface area contributed by atoms with E-state index in [9.17, 15) is 19.5 Å². The van der Waals surface area contributed by atoms with Crippen molar-refractivity contribution in [3.8, 4) is 0 Å². The van der Waals surface area contributed by atoms with Gasteiger partial charge in [0, 0.05) is 54.6 Å². The number of benzene rings is 3. The third kappa shape index (κ3) is 11.6. The van der Waals surface area contributed by atoms with Crippen LogP contribution in [0.25, 0.3) is 0 Å². The van der Waals surface area contributed by atoms with Crippen molar-refractivity contribution >= 4 is 35.2 Å². The van der Waals surface area contributed by atoms with Gasteiger partial charge in [-0.3, -0.25) is 14.4 Å². The average Bonchev–Trinajstić information content (AvgIpc) is 3.05. The van der Waals surface area contributed by atoms with Crippen LogP contribution in [0, 0.1) is 0 Å². The van der Waals surface area contributed by atoms with Crippen LogP contribution in [-0.4, -0.2) is 39.9 Å². The largest absolute Gasteiger partial charge is 0.481 e. The zero-order valence-electron chi connectivity index (χ0n) is 25.6. The van der Waals surface area contributed by atoms with Gasteiger partial charge < -0.3 is 30.3 Å². The molecule has 9 nitrogen and oxygen atoms in total. The van der Waals surface area contributed by atoms with Crippen LogP contribution < -0.4 is 10.6 Å². The molecule has 2 amide bonds. The molecule has 1 aliphatic heterocycles. The number of thioether (sulfide) groups is 1. The standard InChI is InChI=1S/C35H42N2O7S/c1-24(39)37-29-16-18-31(19-17-29)45-23-30-20-32(27-12-10-26(22-38)11-13-27)44-35(43-30)28-14-8-25(9-15-28)21-36-33(40)6-4-2-3-5-7-34(41)42/h8-19,30,32,35,38H,2-7,20-23H2,1H3,(H,36,40)(H,37,39)(H,41,42). The molecule has 1 heterocycles. The second kappa shape index (κ2) is 17.7. The van der Waals surface area contributed by atoms with Gasteiger partial charge >= 0.3 is 5.97 Å². The van der Waals surface area contributed by atoms with E-state index in [1.165, 1.54) is 6.92 Å². The molecule has 240 valence electrons. The number of hydrogen-bond donors (Lipinski definition) is 4. The third-order valence-electron chi connectivity index (χ3n) is 7.51. The Morgan fingerprint density at radius 1 is 0.822 bits per heavy atom. The van der Waals surface area contributed by atoms with Gasteiger partial charge in [-0.1, -0.05) is 61.4 Å². The van der Waals surface area contributed by atoms with Crippen LogP contribution in [0.2, 0.25) is 0 Å². The summed E-state index contributed by atoms with van der Waals surface area (Å²) in [6.07, 6.45) is 3.47. The summed E-state index contributed by atoms with van der Waals surface area (Å²) in [4.78, 5) is 35.3. The molecule has 1 aliphatic rings. The van der Waals surface area contributed by atoms with Crippen LogP contribution in [0.5, 0.6) is 0 Å². The Bertz CT molecular complexity index is 1380. The van der Waals surface area contributed by atoms with Crippen LogP contribution in [-0.2, 0) is 37.0 Å². The Labute approximate surface area is 268 Å². The molecule has 45 heavy (non-hydrogen) atoms. The minimum absolute atomic E-state index is 0.0149. The van der Waals surface area contributed by atoms with E-state index in [4.69, 9.17) is 14.6 Å². The van der Waals surface area contributed by atoms with Gasteiger partial charge in [-0.05, 0) is 53.8 Å². The zero-order chi connectivity index (χ0) is 32.0. The minimum Gasteiger partial charge on any atom is -0.481 e. The first kappa shape index (κ1) is 34.2. The van der Waals surface area contributed by atoms with E-state index in [1.54, 1.807) is 11.8 Å². The second-order valence-corrected chi connectivity index (χ2v) is 12.3. The van der Waals surface area contributed by atoms with Crippen molar-refractivity contribution in [2.24, 2.45) is 0 Å². The van der Waals surface area contributed by atoms with E-state index < -0.39 is 12.3 Å². The van der Waals surface area contributed by atoms with Crippen molar-refractivity contribution in [3.05, 3.63) is 95.1 Å². The van der Waals surface area contributed by atoms with Crippen molar-refractivity contribution < 1.29 is 34.1 Å². The maximum absolute atomic E-state index is 12.3. The molecule has 1 saturated heterocycles. The number of amides is 2. The van der Waals surface area contributed by atoms with Crippen LogP contribution in [0.1, 0.15) is 86.5 Å². The molecule has 0 aliphatic carbocycles. The number of aliphatic hydroxyl groups is 1. The molecule has 0 spiro atoms. The molecule has 1 fully saturated rings. The van der Waals surface area contributed by atoms with E-state index in [0.717, 1.165) is 52.1 Å². The first-order valence-electron chi connectivity index (χ1n) is 15.4. The first-order valence-corrected chi connectivity index (χ1v) is 16.4. The number of aliphatic carboxylic acids is 1. The summed E-state index contributed by atoms with van der Waals surface area (Å²) in [6, 6.07) is 23.4. The SMILES string of the molecule is CC(=O)Nc1ccc(SCC2CC(c3ccc(CO)cc3)OC(c3ccc(CNC(=O)CCCCCCC(=O)O)cc3)O2)cc1. The predicted molar refractivity (Wildman–Crippen MR) is 174 cm³/mol. The maximum Gasteiger partial charge on any atom is 0.303 e. The number of hydrogen-bond acceptors (Lipinski definition) is 7. The summed E-state index contributed by atoms with van der Waals surface area (Å²) >= 11 is 1.69. The highest BCUT2D eigenvalue weighted by Gasteiger charge is 2.32. The van der Waals surface area contributed by atoms with E-state index in [2.05, 4.69) is 10.6 Å². The molecule has 0 aromatic heterocycles. The summed E-state index contributed by atoms with van der Waals surface area (Å²) in [6.45, 7) is 1.89. The molecule has 3 aromatic carbocycles. The molecule has 4 rings (SSSR count). The maximum atomic E-state index is 12.3. The lowest BCUT2D eigenvalue weighted by Crippen LogP contribution is -2.31. The fourth-order valence-corrected chi connectivity index (χ4v) is 5.97. The summed E-state index contributed by atoms with van der Waals surface area (Å²) < 4.78 is 12.9. The Morgan fingerprint density at radius 2 is 1.47 bits per heavy atom. The average molecular weight is 635 g/mol. The lowest BCUT2D eigenvalue weighted by molar-refractivity contribution is -0.245. The van der Waals surface area contributed by atoms with E-state index >= 15 is 0 Å². The Hall–Kier alpha value is -3.70. The van der Waals surface area contributed by atoms with Gasteiger partial charge in [0.1, 0.15) is 0 Å². The Kier molecular flexibility index (Phi) is 13.4. The molecule has 3 atom stereocenters. The number of rotatable bonds is 16. The lowest BCUT2D eigenvalue weighted by atomic mass is 10.0. The minimum atomic E-state index is -0.782. The summed E-state index contributed by atoms with van der Waals surface area (Å²) in [5, 5.41) is 23.9. The van der Waals surface area contributed by atoms with Gasteiger partial charge in [0.25, 0.3) is 0 Å². The van der Waals surface area contributed by atoms with Crippen molar-refractivity contribution in [1.29, 1.82) is 0 Å². The van der Waals surface area contributed by atoms with E-state index in [-0.39, 0.29) is 37.0 Å². The zero-order valence-corrected chi connectivity index (χ0v) is 26.4. The number of ether oxygens (including phenoxy) is 2. The van der Waals surface area contributed by atoms with Gasteiger partial charge in [-0.2, -0.15) is 0 Å². The molecule has 3 aromatic rings. The summed E-state index contributed by atoms with van der Waals surface area (Å²) in [5.74, 6) is -0.188. The third-order valence-corrected chi connectivity index (χ3v) is 8.66. The number of carbonyl (C=O) groups is 3. The van der Waals surface area contributed by atoms with Crippen molar-refractivity contribution in [1.82, 2.24) is 5.32 Å². The number of unbranched alkanes of at least 4 members (excludes halogenated alkanes) is 3. The fraction of sp³-hybridized carbons (Fsp3) is 0.400. The van der Waals surface area contributed by atoms with Crippen LogP contribution in [0.4, 0.5) is 5.69 Å². The Balaban J connectivity index is 1.33. The van der Waals surface area contributed by atoms with Gasteiger partial charge in [-0.15, -0.1) is 11.8 Å². The summed E-state index contributed by atoms with van der Waals surface area (Å²) in [5.41, 5.74) is 4.48. The normalized spacial score (nSPS) is 17.9. The second-order valence-electron chi connectivity index (χ2n) is 11.2. The predicted octanol–water partition coefficient (Wildman–Crippen LogP) is 6.52. The number of nitrogens with one attached hydrogen (secondary N) is 2. The quantitative estimate of drug-likeness (QED) is 0.103. The monoisotopic (exact) mass is 634 g/mol. The summed E-state index contributed by atoms with van der Waals surface area (Å²) in [7, 11) is 0. The number of carboxylic acid groups (broad SMARTS) is 1.